The van der Waals surface area contributed by atoms with E-state index in [1.54, 1.807) is 25.1 Å². The lowest BCUT2D eigenvalue weighted by molar-refractivity contribution is 0.111. The molecule has 3 N–H and O–H groups in total. The fourth-order valence-electron chi connectivity index (χ4n) is 1.42. The number of para-hydroxylation sites is 2. The maximum Gasteiger partial charge on any atom is 0.168 e. The maximum atomic E-state index is 10.2. The molecule has 5 nitrogen and oxygen atoms in total. The molecule has 0 aliphatic rings. The summed E-state index contributed by atoms with van der Waals surface area (Å²) >= 11 is 0. The molecule has 0 atom stereocenters. The number of carbonyl (C=O) groups is 2. The molecule has 0 aliphatic carbocycles. The van der Waals surface area contributed by atoms with Crippen molar-refractivity contribution in [3.05, 3.63) is 53.1 Å². The summed E-state index contributed by atoms with van der Waals surface area (Å²) in [5.74, 6) is -0.556. The lowest BCUT2D eigenvalue weighted by Crippen LogP contribution is -1.82. The minimum Gasteiger partial charge on any atom is -0.507 e. The molecule has 0 fully saturated rings. The molecule has 2 aromatic rings. The van der Waals surface area contributed by atoms with Crippen molar-refractivity contribution < 1.29 is 24.9 Å². The summed E-state index contributed by atoms with van der Waals surface area (Å²) in [6.45, 7) is 1.75. The molecule has 20 heavy (non-hydrogen) atoms. The van der Waals surface area contributed by atoms with Crippen LogP contribution < -0.4 is 0 Å². The number of phenols is 3. The van der Waals surface area contributed by atoms with Gasteiger partial charge in [0.05, 0.1) is 11.1 Å². The molecule has 2 rings (SSSR count). The molecule has 2 aromatic carbocycles. The fourth-order valence-corrected chi connectivity index (χ4v) is 1.42. The van der Waals surface area contributed by atoms with Crippen molar-refractivity contribution in [1.82, 2.24) is 0 Å². The minimum atomic E-state index is -0.363. The third-order valence-electron chi connectivity index (χ3n) is 2.57. The molecule has 0 heterocycles. The third-order valence-corrected chi connectivity index (χ3v) is 2.57. The number of carbonyl (C=O) groups excluding carboxylic acids is 2. The highest BCUT2D eigenvalue weighted by molar-refractivity contribution is 5.80. The smallest absolute Gasteiger partial charge is 0.168 e. The van der Waals surface area contributed by atoms with Gasteiger partial charge in [-0.1, -0.05) is 18.2 Å². The fraction of sp³-hybridized carbons (Fsp3) is 0.0667. The van der Waals surface area contributed by atoms with Crippen molar-refractivity contribution in [2.45, 2.75) is 6.92 Å². The SMILES string of the molecule is Cc1cccc(C=O)c1O.O=Cc1cccc(O)c1O. The number of benzene rings is 2. The van der Waals surface area contributed by atoms with Gasteiger partial charge in [-0.15, -0.1) is 0 Å². The molecule has 0 unspecified atom stereocenters. The van der Waals surface area contributed by atoms with E-state index in [2.05, 4.69) is 0 Å². The van der Waals surface area contributed by atoms with Crippen LogP contribution in [-0.4, -0.2) is 27.9 Å². The largest absolute Gasteiger partial charge is 0.507 e. The van der Waals surface area contributed by atoms with E-state index in [9.17, 15) is 9.59 Å². The van der Waals surface area contributed by atoms with Crippen LogP contribution in [0.4, 0.5) is 0 Å². The highest BCUT2D eigenvalue weighted by Crippen LogP contribution is 2.26. The van der Waals surface area contributed by atoms with E-state index in [1.165, 1.54) is 18.2 Å². The van der Waals surface area contributed by atoms with E-state index in [4.69, 9.17) is 15.3 Å². The van der Waals surface area contributed by atoms with Crippen LogP contribution in [0.25, 0.3) is 0 Å². The van der Waals surface area contributed by atoms with E-state index in [0.29, 0.717) is 18.1 Å². The highest BCUT2D eigenvalue weighted by Gasteiger charge is 2.02. The van der Waals surface area contributed by atoms with Gasteiger partial charge in [0.25, 0.3) is 0 Å². The van der Waals surface area contributed by atoms with Gasteiger partial charge in [-0.3, -0.25) is 9.59 Å². The average molecular weight is 274 g/mol. The third kappa shape index (κ3) is 3.58. The van der Waals surface area contributed by atoms with Crippen molar-refractivity contribution in [1.29, 1.82) is 0 Å². The van der Waals surface area contributed by atoms with Crippen molar-refractivity contribution >= 4 is 12.6 Å². The Morgan fingerprint density at radius 1 is 0.800 bits per heavy atom. The standard InChI is InChI=1S/C8H8O2.C7H6O3/c1-6-3-2-4-7(5-9)8(6)10;8-4-5-2-1-3-6(9)7(5)10/h2-5,10H,1H3;1-4,9-10H. The molecule has 0 saturated heterocycles. The zero-order valence-electron chi connectivity index (χ0n) is 10.8. The Kier molecular flexibility index (Phi) is 5.29. The summed E-state index contributed by atoms with van der Waals surface area (Å²) < 4.78 is 0. The summed E-state index contributed by atoms with van der Waals surface area (Å²) in [5.41, 5.74) is 1.17. The minimum absolute atomic E-state index is 0.0810. The first-order valence-corrected chi connectivity index (χ1v) is 5.71. The zero-order chi connectivity index (χ0) is 15.1. The average Bonchev–Trinajstić information content (AvgIpc) is 2.45. The molecule has 0 spiro atoms. The molecule has 5 heteroatoms. The summed E-state index contributed by atoms with van der Waals surface area (Å²) in [7, 11) is 0. The van der Waals surface area contributed by atoms with Crippen molar-refractivity contribution in [2.24, 2.45) is 0 Å². The van der Waals surface area contributed by atoms with Gasteiger partial charge in [0.15, 0.2) is 24.1 Å². The summed E-state index contributed by atoms with van der Waals surface area (Å²) in [6, 6.07) is 9.28. The monoisotopic (exact) mass is 274 g/mol. The number of hydrogen-bond donors (Lipinski definition) is 3. The lowest BCUT2D eigenvalue weighted by atomic mass is 10.1. The Morgan fingerprint density at radius 2 is 1.30 bits per heavy atom. The number of phenolic OH excluding ortho intramolecular Hbond substituents is 3. The highest BCUT2D eigenvalue weighted by atomic mass is 16.3. The Labute approximate surface area is 115 Å². The van der Waals surface area contributed by atoms with Crippen LogP contribution >= 0.6 is 0 Å². The summed E-state index contributed by atoms with van der Waals surface area (Å²) in [5, 5.41) is 26.9. The van der Waals surface area contributed by atoms with Crippen LogP contribution in [0.2, 0.25) is 0 Å². The predicted octanol–water partition coefficient (Wildman–Crippen LogP) is 2.42. The van der Waals surface area contributed by atoms with Gasteiger partial charge in [0, 0.05) is 0 Å². The first kappa shape index (κ1) is 15.2. The Bertz CT molecular complexity index is 564. The van der Waals surface area contributed by atoms with Crippen LogP contribution in [0.1, 0.15) is 26.3 Å². The van der Waals surface area contributed by atoms with Crippen molar-refractivity contribution in [3.8, 4) is 17.2 Å². The molecule has 0 bridgehead atoms. The van der Waals surface area contributed by atoms with Crippen LogP contribution in [0.3, 0.4) is 0 Å². The van der Waals surface area contributed by atoms with E-state index >= 15 is 0 Å². The van der Waals surface area contributed by atoms with Gasteiger partial charge in [-0.25, -0.2) is 0 Å². The Morgan fingerprint density at radius 3 is 1.75 bits per heavy atom. The van der Waals surface area contributed by atoms with Gasteiger partial charge < -0.3 is 15.3 Å². The first-order chi connectivity index (χ1) is 9.51. The molecule has 0 aliphatic heterocycles. The number of aldehydes is 2. The van der Waals surface area contributed by atoms with Crippen LogP contribution in [-0.2, 0) is 0 Å². The molecule has 0 saturated carbocycles. The van der Waals surface area contributed by atoms with E-state index in [-0.39, 0.29) is 22.8 Å². The first-order valence-electron chi connectivity index (χ1n) is 5.71. The second kappa shape index (κ2) is 6.94. The number of hydrogen-bond acceptors (Lipinski definition) is 5. The van der Waals surface area contributed by atoms with Crippen molar-refractivity contribution in [2.75, 3.05) is 0 Å². The predicted molar refractivity (Wildman–Crippen MR) is 73.4 cm³/mol. The molecule has 104 valence electrons. The zero-order valence-corrected chi connectivity index (χ0v) is 10.8. The number of aryl methyl sites for hydroxylation is 1. The van der Waals surface area contributed by atoms with Crippen LogP contribution in [0.15, 0.2) is 36.4 Å². The Hall–Kier alpha value is -2.82. The van der Waals surface area contributed by atoms with E-state index < -0.39 is 0 Å². The number of aromatic hydroxyl groups is 3. The van der Waals surface area contributed by atoms with Gasteiger partial charge in [0.2, 0.25) is 0 Å². The van der Waals surface area contributed by atoms with Gasteiger partial charge in [-0.2, -0.15) is 0 Å². The topological polar surface area (TPSA) is 94.8 Å². The molecule has 0 radical (unpaired) electrons. The van der Waals surface area contributed by atoms with Gasteiger partial charge >= 0.3 is 0 Å². The normalized spacial score (nSPS) is 9.25. The lowest BCUT2D eigenvalue weighted by Gasteiger charge is -1.98. The Balaban J connectivity index is 0.000000200. The second-order valence-corrected chi connectivity index (χ2v) is 3.96. The number of rotatable bonds is 2. The van der Waals surface area contributed by atoms with E-state index in [0.717, 1.165) is 5.56 Å². The molecular weight excluding hydrogens is 260 g/mol. The summed E-state index contributed by atoms with van der Waals surface area (Å²) in [6.07, 6.45) is 1.12. The van der Waals surface area contributed by atoms with Gasteiger partial charge in [-0.05, 0) is 30.7 Å². The molecule has 0 aromatic heterocycles. The van der Waals surface area contributed by atoms with Crippen LogP contribution in [0, 0.1) is 6.92 Å². The molecule has 0 amide bonds. The van der Waals surface area contributed by atoms with Gasteiger partial charge in [0.1, 0.15) is 5.75 Å². The quantitative estimate of drug-likeness (QED) is 0.577. The van der Waals surface area contributed by atoms with E-state index in [1.807, 2.05) is 0 Å². The second-order valence-electron chi connectivity index (χ2n) is 3.96. The van der Waals surface area contributed by atoms with Crippen LogP contribution in [0.5, 0.6) is 17.2 Å². The van der Waals surface area contributed by atoms with Crippen molar-refractivity contribution in [3.63, 3.8) is 0 Å². The summed E-state index contributed by atoms with van der Waals surface area (Å²) in [4.78, 5) is 20.3. The maximum absolute atomic E-state index is 10.2. The molecular formula is C15H14O5.